The average Bonchev–Trinajstić information content (AvgIpc) is 3.81. The van der Waals surface area contributed by atoms with Gasteiger partial charge in [-0.15, -0.1) is 0 Å². The molecule has 0 aliphatic carbocycles. The highest BCUT2D eigenvalue weighted by Gasteiger charge is 2.59. The van der Waals surface area contributed by atoms with Gasteiger partial charge in [-0.25, -0.2) is 0 Å². The number of fused-ring (bicyclic) bond motifs is 1. The Morgan fingerprint density at radius 1 is 0.571 bits per heavy atom. The Kier molecular flexibility index (Phi) is 15.3. The van der Waals surface area contributed by atoms with E-state index < -0.39 is 66.7 Å². The van der Waals surface area contributed by atoms with Crippen LogP contribution in [-0.2, 0) is 80.4 Å². The van der Waals surface area contributed by atoms with Crippen LogP contribution in [0.5, 0.6) is 0 Å². The summed E-state index contributed by atoms with van der Waals surface area (Å²) in [5.41, 5.74) is 4.84. The number of aliphatic hydroxyl groups is 1. The second-order valence-corrected chi connectivity index (χ2v) is 16.5. The van der Waals surface area contributed by atoms with Crippen molar-refractivity contribution in [2.45, 2.75) is 114 Å². The first-order valence-corrected chi connectivity index (χ1v) is 21.7. The third-order valence-electron chi connectivity index (χ3n) is 11.4. The van der Waals surface area contributed by atoms with Crippen molar-refractivity contribution in [3.8, 4) is 0 Å². The summed E-state index contributed by atoms with van der Waals surface area (Å²) in [6, 6.07) is 49.5. The monoisotopic (exact) mass is 858 g/mol. The molecule has 4 unspecified atom stereocenters. The van der Waals surface area contributed by atoms with E-state index in [-0.39, 0.29) is 39.6 Å². The van der Waals surface area contributed by atoms with Crippen LogP contribution >= 0.6 is 0 Å². The molecule has 0 spiro atoms. The van der Waals surface area contributed by atoms with Gasteiger partial charge in [0.15, 0.2) is 12.1 Å². The smallest absolute Gasteiger partial charge is 0.217 e. The van der Waals surface area contributed by atoms with Gasteiger partial charge < -0.3 is 52.5 Å². The van der Waals surface area contributed by atoms with Crippen LogP contribution in [0.1, 0.15) is 41.7 Å². The third kappa shape index (κ3) is 11.6. The highest BCUT2D eigenvalue weighted by atomic mass is 16.8. The number of hydrogen-bond acceptors (Lipinski definition) is 11. The van der Waals surface area contributed by atoms with E-state index in [0.717, 1.165) is 27.8 Å². The summed E-state index contributed by atoms with van der Waals surface area (Å²) in [5, 5.41) is 12.1. The van der Waals surface area contributed by atoms with Gasteiger partial charge in [0.05, 0.1) is 46.2 Å². The van der Waals surface area contributed by atoms with Crippen LogP contribution in [0.25, 0.3) is 0 Å². The van der Waals surface area contributed by atoms with E-state index in [1.54, 1.807) is 6.08 Å². The molecule has 332 valence electrons. The van der Waals surface area contributed by atoms with Crippen molar-refractivity contribution in [2.75, 3.05) is 13.2 Å². The fourth-order valence-electron chi connectivity index (χ4n) is 8.29. The Hall–Kier alpha value is -4.60. The molecule has 0 saturated carbocycles. The molecule has 3 saturated heterocycles. The highest BCUT2D eigenvalue weighted by molar-refractivity contribution is 5.18. The van der Waals surface area contributed by atoms with Crippen molar-refractivity contribution in [3.05, 3.63) is 192 Å². The molecule has 0 radical (unpaired) electrons. The van der Waals surface area contributed by atoms with Crippen LogP contribution in [0.2, 0.25) is 0 Å². The fourth-order valence-corrected chi connectivity index (χ4v) is 8.29. The van der Waals surface area contributed by atoms with Crippen molar-refractivity contribution >= 4 is 0 Å². The molecule has 3 aliphatic rings. The van der Waals surface area contributed by atoms with E-state index in [1.165, 1.54) is 0 Å². The van der Waals surface area contributed by atoms with E-state index in [1.807, 2.05) is 166 Å². The van der Waals surface area contributed by atoms with Crippen molar-refractivity contribution in [2.24, 2.45) is 0 Å². The number of ether oxygens (including phenoxy) is 10. The summed E-state index contributed by atoms with van der Waals surface area (Å²) in [7, 11) is 0. The Labute approximate surface area is 370 Å². The Bertz CT molecular complexity index is 2110. The van der Waals surface area contributed by atoms with Crippen LogP contribution < -0.4 is 0 Å². The first-order valence-electron chi connectivity index (χ1n) is 21.7. The van der Waals surface area contributed by atoms with Gasteiger partial charge in [-0.05, 0) is 47.7 Å². The first-order chi connectivity index (χ1) is 30.8. The van der Waals surface area contributed by atoms with Gasteiger partial charge in [0.2, 0.25) is 5.79 Å². The molecule has 0 bridgehead atoms. The van der Waals surface area contributed by atoms with Crippen molar-refractivity contribution < 1.29 is 52.5 Å². The third-order valence-corrected chi connectivity index (χ3v) is 11.4. The van der Waals surface area contributed by atoms with E-state index in [4.69, 9.17) is 47.4 Å². The molecule has 5 aromatic carbocycles. The van der Waals surface area contributed by atoms with E-state index >= 15 is 0 Å². The number of benzene rings is 5. The molecule has 3 fully saturated rings. The Balaban J connectivity index is 1.11. The normalized spacial score (nSPS) is 28.0. The molecular formula is C52H58O11. The predicted molar refractivity (Wildman–Crippen MR) is 235 cm³/mol. The first kappa shape index (κ1) is 45.0. The van der Waals surface area contributed by atoms with Gasteiger partial charge in [-0.1, -0.05) is 158 Å². The molecule has 0 amide bonds. The molecule has 1 N–H and O–H groups in total. The zero-order valence-corrected chi connectivity index (χ0v) is 35.9. The van der Waals surface area contributed by atoms with Crippen LogP contribution in [0, 0.1) is 0 Å². The molecule has 3 heterocycles. The van der Waals surface area contributed by atoms with E-state index in [9.17, 15) is 5.11 Å². The van der Waals surface area contributed by atoms with Crippen molar-refractivity contribution in [1.29, 1.82) is 0 Å². The molecule has 63 heavy (non-hydrogen) atoms. The lowest BCUT2D eigenvalue weighted by molar-refractivity contribution is -0.368. The van der Waals surface area contributed by atoms with Crippen LogP contribution in [0.15, 0.2) is 164 Å². The van der Waals surface area contributed by atoms with Gasteiger partial charge in [0.1, 0.15) is 48.8 Å². The van der Waals surface area contributed by atoms with Crippen LogP contribution in [0.3, 0.4) is 0 Å². The number of hydrogen-bond donors (Lipinski definition) is 1. The second-order valence-electron chi connectivity index (χ2n) is 16.5. The maximum atomic E-state index is 12.1. The van der Waals surface area contributed by atoms with Gasteiger partial charge in [0, 0.05) is 0 Å². The molecule has 11 heteroatoms. The maximum Gasteiger partial charge on any atom is 0.217 e. The second kappa shape index (κ2) is 21.4. The quantitative estimate of drug-likeness (QED) is 0.0724. The number of aliphatic hydroxyl groups excluding tert-OH is 1. The molecular weight excluding hydrogens is 801 g/mol. The molecule has 0 aromatic heterocycles. The SMILES string of the molecule is C=C[C@]1(OCC(O)[C@H]2O[C@@H]3OC(C)(C)OC3[C@@H]2OCc2ccccc2)OC(COCc2ccccc2)[C@H](OCc2ccccc2)[C@H](OCc2ccccc2)C1OCc1ccccc1. The van der Waals surface area contributed by atoms with Gasteiger partial charge in [-0.2, -0.15) is 0 Å². The zero-order valence-electron chi connectivity index (χ0n) is 35.9. The Morgan fingerprint density at radius 2 is 1.02 bits per heavy atom. The van der Waals surface area contributed by atoms with E-state index in [2.05, 4.69) is 6.58 Å². The fraction of sp³-hybridized carbons (Fsp3) is 0.385. The zero-order chi connectivity index (χ0) is 43.5. The number of rotatable bonds is 21. The molecule has 5 aromatic rings. The summed E-state index contributed by atoms with van der Waals surface area (Å²) < 4.78 is 66.2. The Morgan fingerprint density at radius 3 is 1.51 bits per heavy atom. The van der Waals surface area contributed by atoms with Crippen LogP contribution in [-0.4, -0.2) is 85.0 Å². The molecule has 8 rings (SSSR count). The summed E-state index contributed by atoms with van der Waals surface area (Å²) in [6.07, 6.45) is -5.79. The lowest BCUT2D eigenvalue weighted by atomic mass is 9.91. The van der Waals surface area contributed by atoms with Crippen LogP contribution in [0.4, 0.5) is 0 Å². The summed E-state index contributed by atoms with van der Waals surface area (Å²) >= 11 is 0. The summed E-state index contributed by atoms with van der Waals surface area (Å²) in [5.74, 6) is -2.58. The lowest BCUT2D eigenvalue weighted by Crippen LogP contribution is -2.67. The largest absolute Gasteiger partial charge is 0.388 e. The minimum absolute atomic E-state index is 0.113. The average molecular weight is 859 g/mol. The summed E-state index contributed by atoms with van der Waals surface area (Å²) in [6.45, 7) is 9.08. The standard InChI is InChI=1S/C52H58O11/c1-4-52(59-35-42(53)44-46(56-32-39-24-14-7-15-25-39)48-50(60-44)63-51(2,3)62-48)49(58-34-41-28-18-9-19-29-41)47(57-33-40-26-16-8-17-27-40)45(55-31-38-22-12-6-13-23-38)43(61-52)36-54-30-37-20-10-5-11-21-37/h4-29,42-50,53H,1,30-36H2,2-3H3/t42?,43?,44-,45+,46-,47+,48?,49?,50-,52+/m1/s1. The predicted octanol–water partition coefficient (Wildman–Crippen LogP) is 8.08. The molecule has 11 nitrogen and oxygen atoms in total. The van der Waals surface area contributed by atoms with Gasteiger partial charge in [0.25, 0.3) is 0 Å². The highest BCUT2D eigenvalue weighted by Crippen LogP contribution is 2.42. The summed E-state index contributed by atoms with van der Waals surface area (Å²) in [4.78, 5) is 0. The molecule has 3 aliphatic heterocycles. The van der Waals surface area contributed by atoms with Gasteiger partial charge in [-0.3, -0.25) is 0 Å². The lowest BCUT2D eigenvalue weighted by Gasteiger charge is -2.51. The topological polar surface area (TPSA) is 113 Å². The minimum Gasteiger partial charge on any atom is -0.388 e. The minimum atomic E-state index is -1.69. The van der Waals surface area contributed by atoms with Crippen molar-refractivity contribution in [1.82, 2.24) is 0 Å². The maximum absolute atomic E-state index is 12.1. The van der Waals surface area contributed by atoms with Crippen molar-refractivity contribution in [3.63, 3.8) is 0 Å². The molecule has 10 atom stereocenters. The van der Waals surface area contributed by atoms with E-state index in [0.29, 0.717) is 6.61 Å². The van der Waals surface area contributed by atoms with Gasteiger partial charge >= 0.3 is 0 Å².